The first-order valence-corrected chi connectivity index (χ1v) is 10.8. The molecule has 0 fully saturated rings. The van der Waals surface area contributed by atoms with Crippen LogP contribution in [0.25, 0.3) is 28.2 Å². The molecule has 0 aliphatic heterocycles. The van der Waals surface area contributed by atoms with Crippen molar-refractivity contribution >= 4 is 17.2 Å². The number of anilines is 1. The molecule has 0 bridgehead atoms. The fourth-order valence-electron chi connectivity index (χ4n) is 3.75. The molecular weight excluding hydrogens is 447 g/mol. The molecule has 2 aromatic heterocycles. The molecule has 0 aliphatic carbocycles. The van der Waals surface area contributed by atoms with Crippen LogP contribution in [0, 0.1) is 5.82 Å². The highest BCUT2D eigenvalue weighted by Gasteiger charge is 2.19. The Kier molecular flexibility index (Phi) is 5.85. The maximum absolute atomic E-state index is 13.3. The normalized spacial score (nSPS) is 10.8. The van der Waals surface area contributed by atoms with Crippen molar-refractivity contribution in [3.63, 3.8) is 0 Å². The van der Waals surface area contributed by atoms with Crippen LogP contribution in [0.3, 0.4) is 0 Å². The zero-order valence-corrected chi connectivity index (χ0v) is 19.0. The predicted molar refractivity (Wildman–Crippen MR) is 131 cm³/mol. The maximum atomic E-state index is 13.3. The van der Waals surface area contributed by atoms with Gasteiger partial charge in [0.1, 0.15) is 22.9 Å². The first-order valence-electron chi connectivity index (χ1n) is 10.8. The summed E-state index contributed by atoms with van der Waals surface area (Å²) in [7, 11) is 3.22. The molecule has 0 aliphatic rings. The van der Waals surface area contributed by atoms with E-state index in [0.717, 1.165) is 22.6 Å². The van der Waals surface area contributed by atoms with E-state index in [0.29, 0.717) is 22.8 Å². The van der Waals surface area contributed by atoms with Gasteiger partial charge in [0.15, 0.2) is 5.65 Å². The minimum Gasteiger partial charge on any atom is -0.497 e. The van der Waals surface area contributed by atoms with Crippen LogP contribution in [-0.4, -0.2) is 34.7 Å². The van der Waals surface area contributed by atoms with Crippen molar-refractivity contribution in [3.05, 3.63) is 96.4 Å². The van der Waals surface area contributed by atoms with Crippen LogP contribution >= 0.6 is 0 Å². The molecule has 174 valence electrons. The fourth-order valence-corrected chi connectivity index (χ4v) is 3.75. The monoisotopic (exact) mass is 468 g/mol. The fraction of sp³-hybridized carbons (Fsp3) is 0.0741. The van der Waals surface area contributed by atoms with Gasteiger partial charge in [0, 0.05) is 16.8 Å². The second-order valence-corrected chi connectivity index (χ2v) is 7.74. The highest BCUT2D eigenvalue weighted by atomic mass is 19.1. The van der Waals surface area contributed by atoms with Gasteiger partial charge in [-0.3, -0.25) is 4.79 Å². The maximum Gasteiger partial charge on any atom is 0.261 e. The number of hydrogen-bond acceptors (Lipinski definition) is 5. The van der Waals surface area contributed by atoms with Crippen LogP contribution in [0.15, 0.2) is 85.1 Å². The smallest absolute Gasteiger partial charge is 0.261 e. The van der Waals surface area contributed by atoms with Gasteiger partial charge in [0.2, 0.25) is 0 Å². The third-order valence-corrected chi connectivity index (χ3v) is 5.57. The average molecular weight is 468 g/mol. The van der Waals surface area contributed by atoms with Gasteiger partial charge < -0.3 is 14.8 Å². The van der Waals surface area contributed by atoms with E-state index in [4.69, 9.17) is 14.5 Å². The van der Waals surface area contributed by atoms with E-state index in [1.54, 1.807) is 18.7 Å². The number of ether oxygens (including phenoxy) is 2. The Morgan fingerprint density at radius 3 is 2.34 bits per heavy atom. The lowest BCUT2D eigenvalue weighted by molar-refractivity contribution is 0.102. The molecule has 1 N–H and O–H groups in total. The predicted octanol–water partition coefficient (Wildman–Crippen LogP) is 5.47. The molecule has 2 heterocycles. The minimum absolute atomic E-state index is 0.286. The summed E-state index contributed by atoms with van der Waals surface area (Å²) in [6, 6.07) is 22.6. The Hall–Kier alpha value is -4.72. The number of benzene rings is 3. The van der Waals surface area contributed by atoms with Gasteiger partial charge in [-0.05, 0) is 66.7 Å². The molecule has 7 nitrogen and oxygen atoms in total. The summed E-state index contributed by atoms with van der Waals surface area (Å²) < 4.78 is 25.6. The number of fused-ring (bicyclic) bond motifs is 1. The van der Waals surface area contributed by atoms with Gasteiger partial charge in [-0.25, -0.2) is 13.9 Å². The number of nitrogens with zero attached hydrogens (tertiary/aromatic N) is 3. The minimum atomic E-state index is -0.400. The Morgan fingerprint density at radius 2 is 1.63 bits per heavy atom. The summed E-state index contributed by atoms with van der Waals surface area (Å²) in [5.74, 6) is 0.639. The second kappa shape index (κ2) is 9.26. The number of nitrogens with one attached hydrogen (secondary N) is 1. The van der Waals surface area contributed by atoms with Crippen LogP contribution in [0.2, 0.25) is 0 Å². The lowest BCUT2D eigenvalue weighted by Gasteiger charge is -2.11. The summed E-state index contributed by atoms with van der Waals surface area (Å²) in [6.45, 7) is 0. The van der Waals surface area contributed by atoms with Crippen molar-refractivity contribution in [1.82, 2.24) is 14.6 Å². The Morgan fingerprint density at radius 1 is 0.886 bits per heavy atom. The van der Waals surface area contributed by atoms with Gasteiger partial charge in [0.25, 0.3) is 5.91 Å². The molecule has 0 radical (unpaired) electrons. The number of hydrogen-bond donors (Lipinski definition) is 1. The topological polar surface area (TPSA) is 77.8 Å². The standard InChI is InChI=1S/C27H21FN4O3/c1-34-21-12-6-17(7-13-21)25-15-24(18-4-3-5-22(14-18)35-2)31-26-23(16-29-32(25)26)27(33)30-20-10-8-19(28)9-11-20/h3-16H,1-2H3,(H,30,33). The summed E-state index contributed by atoms with van der Waals surface area (Å²) in [4.78, 5) is 17.9. The molecule has 35 heavy (non-hydrogen) atoms. The highest BCUT2D eigenvalue weighted by Crippen LogP contribution is 2.30. The molecule has 1 amide bonds. The van der Waals surface area contributed by atoms with Crippen LogP contribution < -0.4 is 14.8 Å². The van der Waals surface area contributed by atoms with Crippen molar-refractivity contribution in [2.75, 3.05) is 19.5 Å². The first-order chi connectivity index (χ1) is 17.1. The lowest BCUT2D eigenvalue weighted by atomic mass is 10.1. The van der Waals surface area contributed by atoms with Crippen molar-refractivity contribution in [1.29, 1.82) is 0 Å². The number of carbonyl (C=O) groups excluding carboxylic acids is 1. The van der Waals surface area contributed by atoms with Gasteiger partial charge in [0.05, 0.1) is 31.8 Å². The Labute approximate surface area is 200 Å². The van der Waals surface area contributed by atoms with E-state index in [1.165, 1.54) is 30.5 Å². The SMILES string of the molecule is COc1ccc(-c2cc(-c3cccc(OC)c3)nc3c(C(=O)Nc4ccc(F)cc4)cnn23)cc1. The Bertz CT molecular complexity index is 1510. The summed E-state index contributed by atoms with van der Waals surface area (Å²) >= 11 is 0. The van der Waals surface area contributed by atoms with Crippen molar-refractivity contribution < 1.29 is 18.7 Å². The third-order valence-electron chi connectivity index (χ3n) is 5.57. The number of methoxy groups -OCH3 is 2. The van der Waals surface area contributed by atoms with Gasteiger partial charge >= 0.3 is 0 Å². The van der Waals surface area contributed by atoms with E-state index in [-0.39, 0.29) is 11.4 Å². The highest BCUT2D eigenvalue weighted by molar-refractivity contribution is 6.08. The zero-order chi connectivity index (χ0) is 24.4. The van der Waals surface area contributed by atoms with E-state index >= 15 is 0 Å². The molecule has 0 atom stereocenters. The molecule has 8 heteroatoms. The third kappa shape index (κ3) is 4.41. The molecule has 0 saturated heterocycles. The van der Waals surface area contributed by atoms with Crippen molar-refractivity contribution in [2.24, 2.45) is 0 Å². The van der Waals surface area contributed by atoms with E-state index in [2.05, 4.69) is 10.4 Å². The van der Waals surface area contributed by atoms with Crippen molar-refractivity contribution in [3.8, 4) is 34.0 Å². The number of aromatic nitrogens is 3. The van der Waals surface area contributed by atoms with Crippen LogP contribution in [0.5, 0.6) is 11.5 Å². The number of carbonyl (C=O) groups is 1. The van der Waals surface area contributed by atoms with Gasteiger partial charge in [-0.15, -0.1) is 0 Å². The first kappa shape index (κ1) is 22.1. The summed E-state index contributed by atoms with van der Waals surface area (Å²) in [6.07, 6.45) is 1.48. The second-order valence-electron chi connectivity index (χ2n) is 7.74. The summed E-state index contributed by atoms with van der Waals surface area (Å²) in [5.41, 5.74) is 4.23. The number of rotatable bonds is 6. The largest absolute Gasteiger partial charge is 0.497 e. The molecule has 0 unspecified atom stereocenters. The number of amides is 1. The molecule has 0 spiro atoms. The lowest BCUT2D eigenvalue weighted by Crippen LogP contribution is -2.12. The van der Waals surface area contributed by atoms with Crippen LogP contribution in [0.4, 0.5) is 10.1 Å². The van der Waals surface area contributed by atoms with Crippen LogP contribution in [-0.2, 0) is 0 Å². The molecule has 0 saturated carbocycles. The van der Waals surface area contributed by atoms with Crippen LogP contribution in [0.1, 0.15) is 10.4 Å². The molecule has 3 aromatic carbocycles. The molecule has 5 rings (SSSR count). The Balaban J connectivity index is 1.65. The molecular formula is C27H21FN4O3. The average Bonchev–Trinajstić information content (AvgIpc) is 3.34. The van der Waals surface area contributed by atoms with Crippen molar-refractivity contribution in [2.45, 2.75) is 0 Å². The van der Waals surface area contributed by atoms with Gasteiger partial charge in [-0.2, -0.15) is 5.10 Å². The quantitative estimate of drug-likeness (QED) is 0.358. The van der Waals surface area contributed by atoms with E-state index in [1.807, 2.05) is 54.6 Å². The van der Waals surface area contributed by atoms with E-state index < -0.39 is 5.91 Å². The zero-order valence-electron chi connectivity index (χ0n) is 19.0. The molecule has 5 aromatic rings. The van der Waals surface area contributed by atoms with E-state index in [9.17, 15) is 9.18 Å². The van der Waals surface area contributed by atoms with Gasteiger partial charge in [-0.1, -0.05) is 12.1 Å². The summed E-state index contributed by atoms with van der Waals surface area (Å²) in [5, 5.41) is 7.24. The number of halogens is 1.